The normalized spacial score (nSPS) is 16.3. The van der Waals surface area contributed by atoms with Crippen LogP contribution in [0.5, 0.6) is 0 Å². The van der Waals surface area contributed by atoms with Gasteiger partial charge in [0.25, 0.3) is 5.91 Å². The monoisotopic (exact) mass is 465 g/mol. The smallest absolute Gasteiger partial charge is 0.265 e. The molecule has 0 radical (unpaired) electrons. The molecule has 0 aliphatic carbocycles. The van der Waals surface area contributed by atoms with Crippen molar-refractivity contribution < 1.29 is 18.4 Å². The van der Waals surface area contributed by atoms with E-state index in [1.165, 1.54) is 0 Å². The van der Waals surface area contributed by atoms with E-state index in [1.54, 1.807) is 42.1 Å². The number of piperidine rings is 1. The number of carbonyl (C=O) groups is 1. The van der Waals surface area contributed by atoms with Crippen molar-refractivity contribution in [1.29, 1.82) is 0 Å². The second kappa shape index (κ2) is 9.43. The fraction of sp³-hybridized carbons (Fsp3) is 0.280. The summed E-state index contributed by atoms with van der Waals surface area (Å²) in [4.78, 5) is 18.8. The molecule has 0 bridgehead atoms. The van der Waals surface area contributed by atoms with Crippen molar-refractivity contribution in [2.45, 2.75) is 29.4 Å². The van der Waals surface area contributed by atoms with Gasteiger partial charge in [0, 0.05) is 25.5 Å². The second-order valence-corrected chi connectivity index (χ2v) is 10.5. The van der Waals surface area contributed by atoms with Gasteiger partial charge >= 0.3 is 0 Å². The number of hydrogen-bond donors (Lipinski definition) is 2. The number of rotatable bonds is 6. The molecular formula is C25H27N3O4S. The number of nitrogens with zero attached hydrogens (tertiary/aromatic N) is 2. The molecular weight excluding hydrogens is 438 g/mol. The van der Waals surface area contributed by atoms with Crippen LogP contribution in [0, 0.1) is 0 Å². The molecule has 0 unspecified atom stereocenters. The van der Waals surface area contributed by atoms with Crippen molar-refractivity contribution in [2.75, 3.05) is 19.6 Å². The van der Waals surface area contributed by atoms with E-state index in [-0.39, 0.29) is 17.7 Å². The molecule has 1 saturated heterocycles. The first-order valence-electron chi connectivity index (χ1n) is 10.9. The molecule has 0 spiro atoms. The summed E-state index contributed by atoms with van der Waals surface area (Å²) in [5.41, 5.74) is 5.56. The van der Waals surface area contributed by atoms with E-state index in [2.05, 4.69) is 9.88 Å². The third-order valence-corrected chi connectivity index (χ3v) is 9.05. The minimum Gasteiger partial charge on any atom is -0.303 e. The van der Waals surface area contributed by atoms with Crippen LogP contribution in [0.2, 0.25) is 0 Å². The number of likely N-dealkylation sites (tertiary alicyclic amines) is 1. The van der Waals surface area contributed by atoms with Gasteiger partial charge in [0.1, 0.15) is 0 Å². The molecule has 8 heteroatoms. The van der Waals surface area contributed by atoms with E-state index in [1.807, 2.05) is 43.3 Å². The number of hydrogen-bond acceptors (Lipinski definition) is 6. The van der Waals surface area contributed by atoms with Crippen molar-refractivity contribution in [2.24, 2.45) is 0 Å². The summed E-state index contributed by atoms with van der Waals surface area (Å²) in [7, 11) is -4.01. The van der Waals surface area contributed by atoms with Crippen molar-refractivity contribution in [3.63, 3.8) is 0 Å². The molecule has 7 nitrogen and oxygen atoms in total. The molecule has 1 aromatic heterocycles. The van der Waals surface area contributed by atoms with E-state index in [9.17, 15) is 18.4 Å². The molecule has 2 heterocycles. The maximum Gasteiger partial charge on any atom is 0.265 e. The Balaban J connectivity index is 1.61. The molecule has 1 aliphatic heterocycles. The molecule has 1 aliphatic rings. The van der Waals surface area contributed by atoms with Crippen LogP contribution in [0.25, 0.3) is 22.3 Å². The fourth-order valence-electron chi connectivity index (χ4n) is 4.40. The lowest BCUT2D eigenvalue weighted by Gasteiger charge is -2.39. The van der Waals surface area contributed by atoms with Gasteiger partial charge in [-0.15, -0.1) is 0 Å². The Bertz CT molecular complexity index is 1200. The molecule has 1 fully saturated rings. The summed E-state index contributed by atoms with van der Waals surface area (Å²) in [5.74, 6) is -0.867. The number of carbonyl (C=O) groups excluding carboxylic acids is 1. The molecule has 2 N–H and O–H groups in total. The third kappa shape index (κ3) is 4.29. The van der Waals surface area contributed by atoms with E-state index in [0.29, 0.717) is 13.1 Å². The molecule has 0 atom stereocenters. The predicted octanol–water partition coefficient (Wildman–Crippen LogP) is 3.55. The third-order valence-electron chi connectivity index (χ3n) is 6.54. The number of aromatic nitrogens is 1. The number of pyridine rings is 1. The summed E-state index contributed by atoms with van der Waals surface area (Å²) < 4.78 is 25.4. The second-order valence-electron chi connectivity index (χ2n) is 8.21. The van der Waals surface area contributed by atoms with Gasteiger partial charge in [0.15, 0.2) is 14.6 Å². The molecule has 4 rings (SSSR count). The van der Waals surface area contributed by atoms with Crippen molar-refractivity contribution >= 4 is 15.7 Å². The Labute approximate surface area is 194 Å². The Hall–Kier alpha value is -3.07. The maximum atomic E-state index is 13.6. The number of nitrogens with one attached hydrogen (secondary N) is 1. The summed E-state index contributed by atoms with van der Waals surface area (Å²) in [5, 5.41) is 9.30. The van der Waals surface area contributed by atoms with Crippen molar-refractivity contribution in [3.05, 3.63) is 73.1 Å². The highest BCUT2D eigenvalue weighted by molar-refractivity contribution is 7.93. The van der Waals surface area contributed by atoms with Crippen LogP contribution < -0.4 is 5.48 Å². The summed E-state index contributed by atoms with van der Waals surface area (Å²) in [6.45, 7) is 3.73. The van der Waals surface area contributed by atoms with Gasteiger partial charge in [-0.3, -0.25) is 15.0 Å². The molecule has 33 heavy (non-hydrogen) atoms. The highest BCUT2D eigenvalue weighted by Crippen LogP contribution is 2.36. The highest BCUT2D eigenvalue weighted by Gasteiger charge is 2.52. The standard InChI is InChI=1S/C25H27N3O4S/c1-2-28-17-13-25(14-18-28,24(29)27-30)33(31,32)23-9-7-21(8-10-23)19-3-5-20(6-4-19)22-11-15-26-16-12-22/h3-12,15-16,30H,2,13-14,17-18H2,1H3,(H,27,29). The zero-order valence-corrected chi connectivity index (χ0v) is 19.3. The van der Waals surface area contributed by atoms with Crippen LogP contribution in [-0.4, -0.2) is 53.8 Å². The lowest BCUT2D eigenvalue weighted by atomic mass is 9.95. The first-order valence-corrected chi connectivity index (χ1v) is 12.4. The molecule has 0 saturated carbocycles. The minimum absolute atomic E-state index is 0.0770. The largest absolute Gasteiger partial charge is 0.303 e. The number of amides is 1. The quantitative estimate of drug-likeness (QED) is 0.427. The Morgan fingerprint density at radius 2 is 1.36 bits per heavy atom. The van der Waals surface area contributed by atoms with Gasteiger partial charge in [-0.2, -0.15) is 0 Å². The highest BCUT2D eigenvalue weighted by atomic mass is 32.2. The van der Waals surface area contributed by atoms with E-state index in [4.69, 9.17) is 0 Å². The first-order chi connectivity index (χ1) is 15.9. The average Bonchev–Trinajstić information content (AvgIpc) is 2.88. The lowest BCUT2D eigenvalue weighted by molar-refractivity contribution is -0.133. The Kier molecular flexibility index (Phi) is 6.60. The summed E-state index contributed by atoms with van der Waals surface area (Å²) >= 11 is 0. The van der Waals surface area contributed by atoms with Crippen LogP contribution in [0.15, 0.2) is 78.0 Å². The van der Waals surface area contributed by atoms with Gasteiger partial charge in [0.05, 0.1) is 4.90 Å². The van der Waals surface area contributed by atoms with Gasteiger partial charge in [-0.25, -0.2) is 13.9 Å². The Morgan fingerprint density at radius 1 is 0.909 bits per heavy atom. The predicted molar refractivity (Wildman–Crippen MR) is 126 cm³/mol. The van der Waals surface area contributed by atoms with E-state index < -0.39 is 20.5 Å². The number of sulfone groups is 1. The zero-order valence-electron chi connectivity index (χ0n) is 18.4. The molecule has 1 amide bonds. The summed E-state index contributed by atoms with van der Waals surface area (Å²) in [6, 6.07) is 18.5. The van der Waals surface area contributed by atoms with Crippen LogP contribution in [0.1, 0.15) is 19.8 Å². The fourth-order valence-corrected chi connectivity index (χ4v) is 6.36. The Morgan fingerprint density at radius 3 is 1.82 bits per heavy atom. The average molecular weight is 466 g/mol. The van der Waals surface area contributed by atoms with E-state index >= 15 is 0 Å². The van der Waals surface area contributed by atoms with Crippen LogP contribution in [-0.2, 0) is 14.6 Å². The van der Waals surface area contributed by atoms with Crippen molar-refractivity contribution in [1.82, 2.24) is 15.4 Å². The number of benzene rings is 2. The SMILES string of the molecule is CCN1CCC(C(=O)NO)(S(=O)(=O)c2ccc(-c3ccc(-c4ccncc4)cc3)cc2)CC1. The van der Waals surface area contributed by atoms with Gasteiger partial charge < -0.3 is 4.90 Å². The van der Waals surface area contributed by atoms with E-state index in [0.717, 1.165) is 28.8 Å². The lowest BCUT2D eigenvalue weighted by Crippen LogP contribution is -2.57. The number of hydroxylamine groups is 1. The zero-order chi connectivity index (χ0) is 23.5. The topological polar surface area (TPSA) is 99.6 Å². The molecule has 172 valence electrons. The maximum absolute atomic E-state index is 13.6. The summed E-state index contributed by atoms with van der Waals surface area (Å²) in [6.07, 6.45) is 3.76. The first kappa shape index (κ1) is 23.1. The molecule has 3 aromatic rings. The van der Waals surface area contributed by atoms with Crippen LogP contribution >= 0.6 is 0 Å². The van der Waals surface area contributed by atoms with Crippen molar-refractivity contribution in [3.8, 4) is 22.3 Å². The molecule has 2 aromatic carbocycles. The van der Waals surface area contributed by atoms with Crippen LogP contribution in [0.4, 0.5) is 0 Å². The van der Waals surface area contributed by atoms with Gasteiger partial charge in [-0.05, 0) is 65.9 Å². The van der Waals surface area contributed by atoms with Gasteiger partial charge in [-0.1, -0.05) is 43.3 Å². The minimum atomic E-state index is -4.01. The van der Waals surface area contributed by atoms with Gasteiger partial charge in [0.2, 0.25) is 0 Å². The van der Waals surface area contributed by atoms with Crippen LogP contribution in [0.3, 0.4) is 0 Å².